The van der Waals surface area contributed by atoms with Crippen LogP contribution in [0.2, 0.25) is 0 Å². The van der Waals surface area contributed by atoms with Crippen LogP contribution in [0.25, 0.3) is 0 Å². The molecule has 1 saturated carbocycles. The zero-order chi connectivity index (χ0) is 20.6. The molecule has 2 fully saturated rings. The van der Waals surface area contributed by atoms with Crippen LogP contribution < -0.4 is 10.0 Å². The first-order valence-corrected chi connectivity index (χ1v) is 11.6. The molecule has 0 aromatic heterocycles. The lowest BCUT2D eigenvalue weighted by molar-refractivity contribution is 0.0937. The fourth-order valence-corrected chi connectivity index (χ4v) is 5.26. The molecule has 6 nitrogen and oxygen atoms in total. The summed E-state index contributed by atoms with van der Waals surface area (Å²) in [5.74, 6) is -0.166. The Kier molecular flexibility index (Phi) is 5.36. The summed E-state index contributed by atoms with van der Waals surface area (Å²) in [7, 11) is -3.73. The highest BCUT2D eigenvalue weighted by atomic mass is 32.2. The number of aryl methyl sites for hydroxylation is 2. The maximum absolute atomic E-state index is 12.8. The van der Waals surface area contributed by atoms with Crippen molar-refractivity contribution >= 4 is 21.6 Å². The van der Waals surface area contributed by atoms with E-state index in [-0.39, 0.29) is 16.8 Å². The second-order valence-electron chi connectivity index (χ2n) is 8.14. The molecule has 1 aliphatic heterocycles. The van der Waals surface area contributed by atoms with Crippen LogP contribution in [0, 0.1) is 13.8 Å². The van der Waals surface area contributed by atoms with E-state index in [4.69, 9.17) is 0 Å². The topological polar surface area (TPSA) is 78.5 Å². The Bertz CT molecular complexity index is 1030. The summed E-state index contributed by atoms with van der Waals surface area (Å²) < 4.78 is 28.3. The van der Waals surface area contributed by atoms with Crippen LogP contribution >= 0.6 is 0 Å². The van der Waals surface area contributed by atoms with Gasteiger partial charge in [0.1, 0.15) is 0 Å². The van der Waals surface area contributed by atoms with Crippen molar-refractivity contribution in [1.29, 1.82) is 0 Å². The van der Waals surface area contributed by atoms with Gasteiger partial charge in [-0.15, -0.1) is 0 Å². The normalized spacial score (nSPS) is 19.9. The minimum Gasteiger partial charge on any atom is -0.348 e. The first-order chi connectivity index (χ1) is 13.8. The van der Waals surface area contributed by atoms with Gasteiger partial charge in [0, 0.05) is 36.4 Å². The lowest BCUT2D eigenvalue weighted by Gasteiger charge is -2.16. The minimum absolute atomic E-state index is 0.151. The van der Waals surface area contributed by atoms with Crippen molar-refractivity contribution in [3.63, 3.8) is 0 Å². The van der Waals surface area contributed by atoms with E-state index in [1.54, 1.807) is 43.3 Å². The Hall–Kier alpha value is -2.38. The predicted octanol–water partition coefficient (Wildman–Crippen LogP) is 3.07. The molecule has 1 saturated heterocycles. The maximum atomic E-state index is 12.8. The Balaban J connectivity index is 1.45. The summed E-state index contributed by atoms with van der Waals surface area (Å²) >= 11 is 0. The third-order valence-corrected chi connectivity index (χ3v) is 7.15. The van der Waals surface area contributed by atoms with Crippen LogP contribution in [-0.4, -0.2) is 44.4 Å². The lowest BCUT2D eigenvalue weighted by atomic mass is 10.1. The first kappa shape index (κ1) is 19.9. The van der Waals surface area contributed by atoms with Gasteiger partial charge in [0.25, 0.3) is 15.9 Å². The zero-order valence-electron chi connectivity index (χ0n) is 16.8. The van der Waals surface area contributed by atoms with Gasteiger partial charge in [0.05, 0.1) is 4.90 Å². The average Bonchev–Trinajstić information content (AvgIpc) is 3.43. The lowest BCUT2D eigenvalue weighted by Crippen LogP contribution is -2.37. The SMILES string of the molecule is Cc1ccc(C)c(S(=O)(=O)Nc2cccc(C(=O)N[C@@H]3CCN(C4CC4)C3)c2)c1. The van der Waals surface area contributed by atoms with Crippen molar-refractivity contribution in [2.45, 2.75) is 50.1 Å². The van der Waals surface area contributed by atoms with Crippen LogP contribution in [0.5, 0.6) is 0 Å². The van der Waals surface area contributed by atoms with E-state index in [2.05, 4.69) is 14.9 Å². The Labute approximate surface area is 172 Å². The summed E-state index contributed by atoms with van der Waals surface area (Å²) in [4.78, 5) is 15.4. The number of benzene rings is 2. The molecule has 0 spiro atoms. The van der Waals surface area contributed by atoms with Gasteiger partial charge in [-0.2, -0.15) is 0 Å². The van der Waals surface area contributed by atoms with Crippen LogP contribution in [0.3, 0.4) is 0 Å². The number of nitrogens with zero attached hydrogens (tertiary/aromatic N) is 1. The molecule has 2 aromatic rings. The van der Waals surface area contributed by atoms with E-state index in [9.17, 15) is 13.2 Å². The molecule has 29 heavy (non-hydrogen) atoms. The van der Waals surface area contributed by atoms with Gasteiger partial charge in [-0.3, -0.25) is 14.4 Å². The molecule has 1 heterocycles. The molecule has 0 radical (unpaired) electrons. The predicted molar refractivity (Wildman–Crippen MR) is 114 cm³/mol. The number of amides is 1. The first-order valence-electron chi connectivity index (χ1n) is 10.1. The van der Waals surface area contributed by atoms with E-state index >= 15 is 0 Å². The molecule has 154 valence electrons. The third-order valence-electron chi connectivity index (χ3n) is 5.63. The number of hydrogen-bond donors (Lipinski definition) is 2. The van der Waals surface area contributed by atoms with Crippen molar-refractivity contribution in [1.82, 2.24) is 10.2 Å². The number of anilines is 1. The molecule has 0 bridgehead atoms. The van der Waals surface area contributed by atoms with Gasteiger partial charge in [-0.1, -0.05) is 18.2 Å². The number of sulfonamides is 1. The average molecular weight is 414 g/mol. The van der Waals surface area contributed by atoms with Gasteiger partial charge in [0.15, 0.2) is 0 Å². The van der Waals surface area contributed by atoms with E-state index in [1.807, 2.05) is 13.0 Å². The summed E-state index contributed by atoms with van der Waals surface area (Å²) in [6, 6.07) is 12.8. The maximum Gasteiger partial charge on any atom is 0.262 e. The Morgan fingerprint density at radius 3 is 2.62 bits per heavy atom. The standard InChI is InChI=1S/C22H27N3O3S/c1-15-6-7-16(2)21(12-15)29(27,28)24-18-5-3-4-17(13-18)22(26)23-19-10-11-25(14-19)20-8-9-20/h3-7,12-13,19-20,24H,8-11,14H2,1-2H3,(H,23,26)/t19-/m1/s1. The molecule has 7 heteroatoms. The van der Waals surface area contributed by atoms with Gasteiger partial charge < -0.3 is 5.32 Å². The molecule has 1 amide bonds. The highest BCUT2D eigenvalue weighted by Gasteiger charge is 2.34. The molecule has 1 atom stereocenters. The molecular formula is C22H27N3O3S. The van der Waals surface area contributed by atoms with Gasteiger partial charge >= 0.3 is 0 Å². The van der Waals surface area contributed by atoms with Crippen LogP contribution in [-0.2, 0) is 10.0 Å². The number of hydrogen-bond acceptors (Lipinski definition) is 4. The minimum atomic E-state index is -3.73. The highest BCUT2D eigenvalue weighted by molar-refractivity contribution is 7.92. The van der Waals surface area contributed by atoms with Crippen molar-refractivity contribution in [2.24, 2.45) is 0 Å². The largest absolute Gasteiger partial charge is 0.348 e. The monoisotopic (exact) mass is 413 g/mol. The second kappa shape index (κ2) is 7.80. The summed E-state index contributed by atoms with van der Waals surface area (Å²) in [6.07, 6.45) is 3.49. The fourth-order valence-electron chi connectivity index (χ4n) is 3.88. The van der Waals surface area contributed by atoms with Crippen LogP contribution in [0.4, 0.5) is 5.69 Å². The molecule has 2 aliphatic rings. The molecule has 4 rings (SSSR count). The third kappa shape index (κ3) is 4.62. The number of carbonyl (C=O) groups excluding carboxylic acids is 1. The van der Waals surface area contributed by atoms with E-state index in [0.29, 0.717) is 22.9 Å². The molecule has 2 N–H and O–H groups in total. The quantitative estimate of drug-likeness (QED) is 0.763. The number of nitrogens with one attached hydrogen (secondary N) is 2. The van der Waals surface area contributed by atoms with E-state index < -0.39 is 10.0 Å². The Morgan fingerprint density at radius 2 is 1.86 bits per heavy atom. The molecular weight excluding hydrogens is 386 g/mol. The van der Waals surface area contributed by atoms with E-state index in [0.717, 1.165) is 25.1 Å². The summed E-state index contributed by atoms with van der Waals surface area (Å²) in [6.45, 7) is 5.56. The summed E-state index contributed by atoms with van der Waals surface area (Å²) in [5, 5.41) is 3.09. The smallest absolute Gasteiger partial charge is 0.262 e. The zero-order valence-corrected chi connectivity index (χ0v) is 17.6. The molecule has 1 aliphatic carbocycles. The molecule has 2 aromatic carbocycles. The van der Waals surface area contributed by atoms with Crippen molar-refractivity contribution in [3.05, 3.63) is 59.2 Å². The van der Waals surface area contributed by atoms with Crippen LogP contribution in [0.1, 0.15) is 40.7 Å². The Morgan fingerprint density at radius 1 is 1.07 bits per heavy atom. The summed E-state index contributed by atoms with van der Waals surface area (Å²) in [5.41, 5.74) is 2.39. The number of rotatable bonds is 6. The highest BCUT2D eigenvalue weighted by Crippen LogP contribution is 2.30. The van der Waals surface area contributed by atoms with Crippen molar-refractivity contribution in [3.8, 4) is 0 Å². The molecule has 0 unspecified atom stereocenters. The van der Waals surface area contributed by atoms with E-state index in [1.165, 1.54) is 12.8 Å². The van der Waals surface area contributed by atoms with Gasteiger partial charge in [-0.25, -0.2) is 8.42 Å². The second-order valence-corrected chi connectivity index (χ2v) is 9.79. The van der Waals surface area contributed by atoms with Gasteiger partial charge in [-0.05, 0) is 68.5 Å². The van der Waals surface area contributed by atoms with Gasteiger partial charge in [0.2, 0.25) is 0 Å². The van der Waals surface area contributed by atoms with Crippen LogP contribution in [0.15, 0.2) is 47.4 Å². The number of carbonyl (C=O) groups is 1. The number of likely N-dealkylation sites (tertiary alicyclic amines) is 1. The fraction of sp³-hybridized carbons (Fsp3) is 0.409. The van der Waals surface area contributed by atoms with Crippen molar-refractivity contribution < 1.29 is 13.2 Å². The van der Waals surface area contributed by atoms with Crippen molar-refractivity contribution in [2.75, 3.05) is 17.8 Å².